The number of nitrogens with one attached hydrogen (secondary N) is 3. The van der Waals surface area contributed by atoms with E-state index in [0.29, 0.717) is 27.6 Å². The third-order valence-corrected chi connectivity index (χ3v) is 11.2. The summed E-state index contributed by atoms with van der Waals surface area (Å²) in [4.78, 5) is 64.2. The molecule has 3 atom stereocenters. The number of carbonyl (C=O) groups excluding carboxylic acids is 4. The molecule has 3 aromatic carbocycles. The number of hydrogen-bond donors (Lipinski definition) is 4. The zero-order chi connectivity index (χ0) is 35.6. The fraction of sp³-hybridized carbons (Fsp3) is 0.364. The van der Waals surface area contributed by atoms with Gasteiger partial charge in [-0.2, -0.15) is 8.42 Å². The Morgan fingerprint density at radius 3 is 2.52 bits per heavy atom. The zero-order valence-electron chi connectivity index (χ0n) is 27.1. The van der Waals surface area contributed by atoms with Crippen LogP contribution in [0, 0.1) is 5.82 Å². The average molecular weight is 708 g/mol. The van der Waals surface area contributed by atoms with Crippen molar-refractivity contribution >= 4 is 67.0 Å². The van der Waals surface area contributed by atoms with Gasteiger partial charge in [-0.1, -0.05) is 6.07 Å². The zero-order valence-corrected chi connectivity index (χ0v) is 27.9. The van der Waals surface area contributed by atoms with Gasteiger partial charge in [0.1, 0.15) is 24.0 Å². The van der Waals surface area contributed by atoms with Crippen molar-refractivity contribution in [2.45, 2.75) is 50.6 Å². The predicted molar refractivity (Wildman–Crippen MR) is 180 cm³/mol. The molecule has 1 aromatic heterocycles. The van der Waals surface area contributed by atoms with Crippen LogP contribution in [-0.2, 0) is 36.4 Å². The van der Waals surface area contributed by atoms with Crippen LogP contribution in [0.25, 0.3) is 21.8 Å². The van der Waals surface area contributed by atoms with E-state index in [2.05, 4.69) is 15.5 Å². The van der Waals surface area contributed by atoms with Gasteiger partial charge in [-0.3, -0.25) is 38.5 Å². The summed E-state index contributed by atoms with van der Waals surface area (Å²) in [6.45, 7) is 2.10. The summed E-state index contributed by atoms with van der Waals surface area (Å²) in [5, 5.41) is 15.9. The summed E-state index contributed by atoms with van der Waals surface area (Å²) in [5.41, 5.74) is 1.75. The van der Waals surface area contributed by atoms with E-state index in [1.807, 2.05) is 25.1 Å². The molecule has 3 fully saturated rings. The molecule has 2 unspecified atom stereocenters. The van der Waals surface area contributed by atoms with E-state index in [-0.39, 0.29) is 59.6 Å². The van der Waals surface area contributed by atoms with Gasteiger partial charge < -0.3 is 10.4 Å². The lowest BCUT2D eigenvalue weighted by atomic mass is 9.85. The minimum atomic E-state index is -4.35. The molecule has 7 rings (SSSR count). The van der Waals surface area contributed by atoms with Crippen molar-refractivity contribution in [3.8, 4) is 5.75 Å². The summed E-state index contributed by atoms with van der Waals surface area (Å²) in [5.74, 6) is -3.52. The molecule has 3 saturated heterocycles. The number of aryl methyl sites for hydroxylation is 1. The van der Waals surface area contributed by atoms with Crippen molar-refractivity contribution in [3.05, 3.63) is 64.3 Å². The number of halogens is 1. The molecule has 4 aromatic rings. The van der Waals surface area contributed by atoms with Crippen LogP contribution >= 0.6 is 0 Å². The van der Waals surface area contributed by atoms with Gasteiger partial charge >= 0.3 is 15.9 Å². The topological polar surface area (TPSA) is 192 Å². The smallest absolute Gasteiger partial charge is 0.329 e. The summed E-state index contributed by atoms with van der Waals surface area (Å²) >= 11 is 0. The highest BCUT2D eigenvalue weighted by Crippen LogP contribution is 2.39. The number of phenols is 1. The van der Waals surface area contributed by atoms with Crippen molar-refractivity contribution in [2.75, 3.05) is 29.3 Å². The van der Waals surface area contributed by atoms with E-state index in [1.54, 1.807) is 11.8 Å². The third-order valence-electron chi connectivity index (χ3n) is 9.85. The first-order valence-electron chi connectivity index (χ1n) is 16.1. The van der Waals surface area contributed by atoms with E-state index < -0.39 is 51.9 Å². The van der Waals surface area contributed by atoms with Gasteiger partial charge in [0.15, 0.2) is 5.82 Å². The fourth-order valence-electron chi connectivity index (χ4n) is 7.31. The second kappa shape index (κ2) is 12.2. The van der Waals surface area contributed by atoms with E-state index in [4.69, 9.17) is 0 Å². The third kappa shape index (κ3) is 5.75. The van der Waals surface area contributed by atoms with Crippen LogP contribution in [0.5, 0.6) is 5.75 Å². The molecule has 0 radical (unpaired) electrons. The second-order valence-electron chi connectivity index (χ2n) is 13.0. The number of fused-ring (bicyclic) bond motifs is 2. The standard InChI is InChI=1S/C33H34FN7O8S/c1-17-11-19(18-3-6-23-25(13-18)38(2)33(47)41(23)24-7-8-27(43)36-32(24)46)9-10-39(17)15-28(44)35-21-4-5-22-20(12-21)14-26(42)31(30(22)34)40-16-29(45)37-50(40,48)49/h3-6,12-14,17,19,24,42H,7-11,15-16H2,1-2H3,(H,35,44)(H,37,45)(H,36,43,46)/t17-,19?,24?/m1/s1. The Kier molecular flexibility index (Phi) is 8.13. The number of imidazole rings is 1. The first kappa shape index (κ1) is 33.2. The van der Waals surface area contributed by atoms with Crippen molar-refractivity contribution < 1.29 is 37.1 Å². The molecular formula is C33H34FN7O8S. The van der Waals surface area contributed by atoms with Crippen LogP contribution in [0.15, 0.2) is 47.3 Å². The number of anilines is 2. The number of aromatic hydroxyl groups is 1. The molecule has 4 amide bonds. The van der Waals surface area contributed by atoms with Gasteiger partial charge in [0.25, 0.3) is 5.91 Å². The van der Waals surface area contributed by atoms with Gasteiger partial charge in [-0.05, 0) is 86.0 Å². The van der Waals surface area contributed by atoms with E-state index in [0.717, 1.165) is 18.4 Å². The Morgan fingerprint density at radius 1 is 1.04 bits per heavy atom. The van der Waals surface area contributed by atoms with E-state index >= 15 is 4.39 Å². The van der Waals surface area contributed by atoms with Crippen LogP contribution in [0.2, 0.25) is 0 Å². The van der Waals surface area contributed by atoms with Crippen molar-refractivity contribution in [1.29, 1.82) is 0 Å². The minimum absolute atomic E-state index is 0.00756. The van der Waals surface area contributed by atoms with Crippen molar-refractivity contribution in [1.82, 2.24) is 24.1 Å². The highest BCUT2D eigenvalue weighted by Gasteiger charge is 2.38. The highest BCUT2D eigenvalue weighted by molar-refractivity contribution is 7.92. The number of benzene rings is 3. The molecule has 4 N–H and O–H groups in total. The number of nitrogens with zero attached hydrogens (tertiary/aromatic N) is 4. The summed E-state index contributed by atoms with van der Waals surface area (Å²) in [6.07, 6.45) is 1.94. The first-order valence-corrected chi connectivity index (χ1v) is 17.5. The van der Waals surface area contributed by atoms with Crippen LogP contribution < -0.4 is 25.4 Å². The number of hydrogen-bond acceptors (Lipinski definition) is 9. The number of piperidine rings is 2. The summed E-state index contributed by atoms with van der Waals surface area (Å²) in [6, 6.07) is 10.5. The lowest BCUT2D eigenvalue weighted by molar-refractivity contribution is -0.135. The molecule has 262 valence electrons. The number of carbonyl (C=O) groups is 4. The first-order chi connectivity index (χ1) is 23.7. The van der Waals surface area contributed by atoms with Gasteiger partial charge in [0.05, 0.1) is 17.6 Å². The molecule has 0 bridgehead atoms. The molecule has 15 nitrogen and oxygen atoms in total. The fourth-order valence-corrected chi connectivity index (χ4v) is 8.47. The molecule has 3 aliphatic heterocycles. The van der Waals surface area contributed by atoms with Crippen LogP contribution in [0.4, 0.5) is 15.8 Å². The molecule has 4 heterocycles. The Hall–Kier alpha value is -5.29. The number of phenolic OH excluding ortho intramolecular Hbond substituents is 1. The minimum Gasteiger partial charge on any atom is -0.506 e. The summed E-state index contributed by atoms with van der Waals surface area (Å²) in [7, 11) is -2.68. The van der Waals surface area contributed by atoms with Gasteiger partial charge in [0, 0.05) is 30.6 Å². The van der Waals surface area contributed by atoms with Crippen LogP contribution in [0.1, 0.15) is 50.1 Å². The van der Waals surface area contributed by atoms with Gasteiger partial charge in [-0.25, -0.2) is 18.2 Å². The normalized spacial score (nSPS) is 22.6. The van der Waals surface area contributed by atoms with Crippen LogP contribution in [-0.4, -0.2) is 76.9 Å². The molecule has 17 heteroatoms. The number of rotatable bonds is 6. The number of aromatic nitrogens is 2. The SMILES string of the molecule is C[C@@H]1CC(c2ccc3c(c2)n(C)c(=O)n3C2CCC(=O)NC2=O)CCN1CC(=O)Nc1ccc2c(F)c(N3CC(=O)NS3(=O)=O)c(O)cc2c1. The lowest BCUT2D eigenvalue weighted by Crippen LogP contribution is -2.44. The number of amides is 4. The number of imide groups is 1. The van der Waals surface area contributed by atoms with Gasteiger partial charge in [0.2, 0.25) is 17.7 Å². The Labute approximate surface area is 284 Å². The maximum Gasteiger partial charge on any atom is 0.329 e. The Balaban J connectivity index is 1.02. The molecule has 0 spiro atoms. The van der Waals surface area contributed by atoms with Crippen molar-refractivity contribution in [3.63, 3.8) is 0 Å². The average Bonchev–Trinajstić information content (AvgIpc) is 3.46. The monoisotopic (exact) mass is 707 g/mol. The molecule has 0 saturated carbocycles. The second-order valence-corrected chi connectivity index (χ2v) is 14.6. The molecule has 0 aliphatic carbocycles. The largest absolute Gasteiger partial charge is 0.506 e. The number of likely N-dealkylation sites (tertiary alicyclic amines) is 1. The molecule has 50 heavy (non-hydrogen) atoms. The van der Waals surface area contributed by atoms with Crippen molar-refractivity contribution in [2.24, 2.45) is 7.05 Å². The maximum absolute atomic E-state index is 15.4. The molecule has 3 aliphatic rings. The van der Waals surface area contributed by atoms with E-state index in [1.165, 1.54) is 33.4 Å². The molecular weight excluding hydrogens is 673 g/mol. The predicted octanol–water partition coefficient (Wildman–Crippen LogP) is 1.70. The van der Waals surface area contributed by atoms with E-state index in [9.17, 15) is 37.5 Å². The Morgan fingerprint density at radius 2 is 1.82 bits per heavy atom. The highest BCUT2D eigenvalue weighted by atomic mass is 32.2. The maximum atomic E-state index is 15.4. The summed E-state index contributed by atoms with van der Waals surface area (Å²) < 4.78 is 45.1. The quantitative estimate of drug-likeness (QED) is 0.216. The van der Waals surface area contributed by atoms with Gasteiger partial charge in [-0.15, -0.1) is 0 Å². The van der Waals surface area contributed by atoms with Crippen LogP contribution in [0.3, 0.4) is 0 Å². The Bertz CT molecular complexity index is 2300. The lowest BCUT2D eigenvalue weighted by Gasteiger charge is -2.37.